The number of nitrogens with one attached hydrogen (secondary N) is 2. The van der Waals surface area contributed by atoms with Crippen molar-refractivity contribution in [2.24, 2.45) is 11.8 Å². The van der Waals surface area contributed by atoms with Gasteiger partial charge in [-0.05, 0) is 36.8 Å². The summed E-state index contributed by atoms with van der Waals surface area (Å²) in [6.07, 6.45) is 5.61. The van der Waals surface area contributed by atoms with Gasteiger partial charge in [0.25, 0.3) is 0 Å². The monoisotopic (exact) mass is 610 g/mol. The standard InChI is InChI=1S/C34H46N2O6S/c1-3-5-17-30(22-27-13-8-6-9-14-27)34(40)42-24-31(26-43-25-28-15-10-7-11-16-28)36-33(39)29(12-4-2)23-32(38)35-18-20-41-21-19-37/h3-4,6-11,13-16,29-31,37H,1-2,5,12,17-26H2,(H,35,38)(H,36,39)/t29-,30-,31-/m1/s1. The smallest absolute Gasteiger partial charge is 0.309 e. The lowest BCUT2D eigenvalue weighted by Crippen LogP contribution is -2.45. The van der Waals surface area contributed by atoms with Crippen LogP contribution in [-0.2, 0) is 36.0 Å². The maximum Gasteiger partial charge on any atom is 0.309 e. The van der Waals surface area contributed by atoms with Gasteiger partial charge in [-0.3, -0.25) is 14.4 Å². The summed E-state index contributed by atoms with van der Waals surface area (Å²) >= 11 is 1.64. The summed E-state index contributed by atoms with van der Waals surface area (Å²) in [5.41, 5.74) is 2.22. The molecule has 0 spiro atoms. The third-order valence-corrected chi connectivity index (χ3v) is 7.81. The van der Waals surface area contributed by atoms with E-state index in [1.165, 1.54) is 0 Å². The van der Waals surface area contributed by atoms with Crippen LogP contribution in [0, 0.1) is 11.8 Å². The van der Waals surface area contributed by atoms with Gasteiger partial charge in [-0.2, -0.15) is 11.8 Å². The summed E-state index contributed by atoms with van der Waals surface area (Å²) < 4.78 is 11.0. The predicted octanol–water partition coefficient (Wildman–Crippen LogP) is 4.48. The molecule has 2 amide bonds. The zero-order chi connectivity index (χ0) is 31.1. The van der Waals surface area contributed by atoms with Crippen molar-refractivity contribution < 1.29 is 29.0 Å². The van der Waals surface area contributed by atoms with Crippen molar-refractivity contribution in [3.05, 3.63) is 97.1 Å². The van der Waals surface area contributed by atoms with E-state index in [1.807, 2.05) is 60.7 Å². The van der Waals surface area contributed by atoms with E-state index in [9.17, 15) is 14.4 Å². The van der Waals surface area contributed by atoms with Crippen LogP contribution in [0.4, 0.5) is 0 Å². The van der Waals surface area contributed by atoms with Gasteiger partial charge in [0.2, 0.25) is 11.8 Å². The minimum Gasteiger partial charge on any atom is -0.463 e. The largest absolute Gasteiger partial charge is 0.463 e. The van der Waals surface area contributed by atoms with Crippen molar-refractivity contribution in [3.63, 3.8) is 0 Å². The first-order valence-electron chi connectivity index (χ1n) is 14.8. The van der Waals surface area contributed by atoms with Gasteiger partial charge in [-0.1, -0.05) is 72.8 Å². The zero-order valence-corrected chi connectivity index (χ0v) is 25.8. The van der Waals surface area contributed by atoms with Gasteiger partial charge in [-0.25, -0.2) is 0 Å². The second kappa shape index (κ2) is 22.2. The summed E-state index contributed by atoms with van der Waals surface area (Å²) in [7, 11) is 0. The summed E-state index contributed by atoms with van der Waals surface area (Å²) in [4.78, 5) is 39.1. The van der Waals surface area contributed by atoms with E-state index in [4.69, 9.17) is 14.6 Å². The lowest BCUT2D eigenvalue weighted by atomic mass is 9.95. The van der Waals surface area contributed by atoms with E-state index >= 15 is 0 Å². The first-order valence-corrected chi connectivity index (χ1v) is 15.9. The number of thioether (sulfide) groups is 1. The molecule has 2 aromatic rings. The fourth-order valence-electron chi connectivity index (χ4n) is 4.37. The van der Waals surface area contributed by atoms with Crippen molar-refractivity contribution in [3.8, 4) is 0 Å². The van der Waals surface area contributed by atoms with Crippen LogP contribution in [0.5, 0.6) is 0 Å². The minimum atomic E-state index is -0.619. The van der Waals surface area contributed by atoms with Crippen LogP contribution in [0.2, 0.25) is 0 Å². The molecule has 2 aromatic carbocycles. The first-order chi connectivity index (χ1) is 21.0. The number of aliphatic hydroxyl groups excluding tert-OH is 1. The molecule has 0 heterocycles. The van der Waals surface area contributed by atoms with Gasteiger partial charge in [0, 0.05) is 24.5 Å². The zero-order valence-electron chi connectivity index (χ0n) is 25.0. The lowest BCUT2D eigenvalue weighted by molar-refractivity contribution is -0.150. The maximum absolute atomic E-state index is 13.3. The average molecular weight is 611 g/mol. The molecule has 0 aliphatic heterocycles. The molecule has 0 saturated heterocycles. The number of amides is 2. The number of hydrogen-bond acceptors (Lipinski definition) is 7. The van der Waals surface area contributed by atoms with Crippen molar-refractivity contribution in [1.29, 1.82) is 0 Å². The summed E-state index contributed by atoms with van der Waals surface area (Å²) in [6, 6.07) is 19.4. The van der Waals surface area contributed by atoms with E-state index in [1.54, 1.807) is 23.9 Å². The molecule has 0 unspecified atom stereocenters. The Labute approximate surface area is 260 Å². The molecular formula is C34H46N2O6S. The van der Waals surface area contributed by atoms with E-state index in [0.717, 1.165) is 16.9 Å². The third kappa shape index (κ3) is 15.6. The highest BCUT2D eigenvalue weighted by Gasteiger charge is 2.26. The molecule has 0 aliphatic carbocycles. The van der Waals surface area contributed by atoms with Crippen LogP contribution in [0.15, 0.2) is 86.0 Å². The molecule has 0 aliphatic rings. The second-order valence-corrected chi connectivity index (χ2v) is 11.2. The minimum absolute atomic E-state index is 0.0117. The molecule has 234 valence electrons. The Morgan fingerprint density at radius 2 is 1.63 bits per heavy atom. The highest BCUT2D eigenvalue weighted by atomic mass is 32.2. The molecule has 0 saturated carbocycles. The van der Waals surface area contributed by atoms with Gasteiger partial charge in [0.15, 0.2) is 0 Å². The number of hydrogen-bond donors (Lipinski definition) is 3. The molecule has 0 aromatic heterocycles. The van der Waals surface area contributed by atoms with Crippen molar-refractivity contribution in [1.82, 2.24) is 10.6 Å². The van der Waals surface area contributed by atoms with Crippen LogP contribution < -0.4 is 10.6 Å². The van der Waals surface area contributed by atoms with Crippen LogP contribution in [0.25, 0.3) is 0 Å². The third-order valence-electron chi connectivity index (χ3n) is 6.64. The molecule has 3 N–H and O–H groups in total. The Hall–Kier alpha value is -3.40. The molecule has 8 nitrogen and oxygen atoms in total. The number of benzene rings is 2. The molecule has 0 radical (unpaired) electrons. The number of aliphatic hydroxyl groups is 1. The Morgan fingerprint density at radius 1 is 0.930 bits per heavy atom. The van der Waals surface area contributed by atoms with E-state index < -0.39 is 12.0 Å². The SMILES string of the molecule is C=CCC[C@H](Cc1ccccc1)C(=O)OC[C@H](CSCc1ccccc1)NC(=O)[C@H](CC=C)CC(=O)NCCOCCO. The number of ether oxygens (including phenoxy) is 2. The maximum atomic E-state index is 13.3. The Morgan fingerprint density at radius 3 is 2.28 bits per heavy atom. The Kier molecular flexibility index (Phi) is 18.5. The number of carbonyl (C=O) groups excluding carboxylic acids is 3. The highest BCUT2D eigenvalue weighted by molar-refractivity contribution is 7.98. The van der Waals surface area contributed by atoms with Crippen molar-refractivity contribution in [2.75, 3.05) is 38.7 Å². The molecule has 43 heavy (non-hydrogen) atoms. The molecule has 3 atom stereocenters. The van der Waals surface area contributed by atoms with Crippen molar-refractivity contribution in [2.45, 2.75) is 43.9 Å². The van der Waals surface area contributed by atoms with Gasteiger partial charge in [0.05, 0.1) is 37.7 Å². The van der Waals surface area contributed by atoms with Crippen LogP contribution in [-0.4, -0.2) is 67.7 Å². The van der Waals surface area contributed by atoms with Crippen molar-refractivity contribution >= 4 is 29.5 Å². The number of allylic oxidation sites excluding steroid dienone is 2. The summed E-state index contributed by atoms with van der Waals surface area (Å²) in [5.74, 6) is -0.544. The molecular weight excluding hydrogens is 564 g/mol. The number of carbonyl (C=O) groups is 3. The second-order valence-electron chi connectivity index (χ2n) is 10.2. The average Bonchev–Trinajstić information content (AvgIpc) is 3.02. The topological polar surface area (TPSA) is 114 Å². The molecule has 0 fully saturated rings. The number of esters is 1. The summed E-state index contributed by atoms with van der Waals surface area (Å²) in [5, 5.41) is 14.6. The fourth-order valence-corrected chi connectivity index (χ4v) is 5.38. The van der Waals surface area contributed by atoms with Gasteiger partial charge >= 0.3 is 5.97 Å². The highest BCUT2D eigenvalue weighted by Crippen LogP contribution is 2.19. The summed E-state index contributed by atoms with van der Waals surface area (Å²) in [6.45, 7) is 8.24. The Bertz CT molecular complexity index is 1100. The van der Waals surface area contributed by atoms with Gasteiger partial charge in [0.1, 0.15) is 6.61 Å². The Balaban J connectivity index is 2.03. The fraction of sp³-hybridized carbons (Fsp3) is 0.441. The first kappa shape index (κ1) is 35.8. The molecule has 9 heteroatoms. The van der Waals surface area contributed by atoms with Crippen LogP contribution >= 0.6 is 11.8 Å². The van der Waals surface area contributed by atoms with Gasteiger partial charge < -0.3 is 25.2 Å². The predicted molar refractivity (Wildman–Crippen MR) is 172 cm³/mol. The quantitative estimate of drug-likeness (QED) is 0.0966. The molecule has 0 bridgehead atoms. The van der Waals surface area contributed by atoms with E-state index in [2.05, 4.69) is 23.8 Å². The van der Waals surface area contributed by atoms with Gasteiger partial charge in [-0.15, -0.1) is 13.2 Å². The van der Waals surface area contributed by atoms with Crippen LogP contribution in [0.1, 0.15) is 36.8 Å². The normalized spacial score (nSPS) is 12.9. The lowest BCUT2D eigenvalue weighted by Gasteiger charge is -2.23. The van der Waals surface area contributed by atoms with E-state index in [0.29, 0.717) is 31.4 Å². The van der Waals surface area contributed by atoms with E-state index in [-0.39, 0.29) is 63.1 Å². The number of rotatable bonds is 23. The molecule has 2 rings (SSSR count). The van der Waals surface area contributed by atoms with Crippen LogP contribution in [0.3, 0.4) is 0 Å².